The van der Waals surface area contributed by atoms with Gasteiger partial charge >= 0.3 is 0 Å². The average molecular weight is 1090 g/mol. The molecule has 2 amide bonds. The minimum Gasteiger partial charge on any atom is -0.483 e. The predicted molar refractivity (Wildman–Crippen MR) is 285 cm³/mol. The van der Waals surface area contributed by atoms with Crippen molar-refractivity contribution in [1.82, 2.24) is 18.9 Å². The summed E-state index contributed by atoms with van der Waals surface area (Å²) in [5.41, 5.74) is -0.0843. The summed E-state index contributed by atoms with van der Waals surface area (Å²) in [6.45, 7) is 5.94. The van der Waals surface area contributed by atoms with Crippen LogP contribution in [0.3, 0.4) is 0 Å². The number of likely N-dealkylation sites (N-methyl/N-ethyl adjacent to an activating group) is 2. The quantitative estimate of drug-likeness (QED) is 0.0773. The largest absolute Gasteiger partial charge is 0.483 e. The van der Waals surface area contributed by atoms with E-state index in [1.165, 1.54) is 24.5 Å². The molecule has 18 heteroatoms. The number of Topliss-reactive ketones (excluding diaryl/α,β-unsaturated/α-hetero) is 2. The molecule has 2 saturated carbocycles. The first kappa shape index (κ1) is 54.8. The molecule has 6 aromatic rings. The molecule has 0 bridgehead atoms. The average Bonchev–Trinajstić information content (AvgIpc) is 4.43. The Balaban J connectivity index is 0.000000188. The number of carbonyl (C=O) groups is 4. The molecule has 10 rings (SSSR count). The van der Waals surface area contributed by atoms with Crippen molar-refractivity contribution in [2.24, 2.45) is 11.8 Å². The number of ether oxygens (including phenoxy) is 3. The fraction of sp³-hybridized carbons (Fsp3) is 0.356. The van der Waals surface area contributed by atoms with E-state index < -0.39 is 45.1 Å². The van der Waals surface area contributed by atoms with E-state index in [-0.39, 0.29) is 119 Å². The molecule has 4 aromatic carbocycles. The van der Waals surface area contributed by atoms with E-state index in [0.29, 0.717) is 44.8 Å². The Kier molecular flexibility index (Phi) is 16.3. The molecule has 4 heterocycles. The maximum atomic E-state index is 14.4. The predicted octanol–water partition coefficient (Wildman–Crippen LogP) is 9.18. The van der Waals surface area contributed by atoms with Gasteiger partial charge in [-0.15, -0.1) is 0 Å². The van der Waals surface area contributed by atoms with Crippen molar-refractivity contribution in [1.29, 1.82) is 0 Å². The zero-order chi connectivity index (χ0) is 54.8. The Bertz CT molecular complexity index is 3370. The van der Waals surface area contributed by atoms with Crippen LogP contribution in [0.4, 0.5) is 8.78 Å². The number of hydrogen-bond donors (Lipinski definition) is 1. The number of benzene rings is 4. The summed E-state index contributed by atoms with van der Waals surface area (Å²) >= 11 is 11.8. The molecular formula is C59H58Cl2F2N4O10. The Morgan fingerprint density at radius 2 is 1.04 bits per heavy atom. The van der Waals surface area contributed by atoms with Gasteiger partial charge in [-0.2, -0.15) is 0 Å². The molecule has 0 saturated heterocycles. The van der Waals surface area contributed by atoms with E-state index in [1.54, 1.807) is 50.3 Å². The minimum atomic E-state index is -0.668. The summed E-state index contributed by atoms with van der Waals surface area (Å²) in [5.74, 6) is -3.02. The van der Waals surface area contributed by atoms with Crippen molar-refractivity contribution in [3.63, 3.8) is 0 Å². The lowest BCUT2D eigenvalue weighted by molar-refractivity contribution is 0.0485. The number of hydrogen-bond acceptors (Lipinski definition) is 10. The SMILES string of the molecule is CCN1C(=O)c2c(OCc3ccccc3)c(=O)c(C(=O)CCc3cccc(Cl)c3F)cn2C[C@@]12C[C@@H]2CO.CCN1C(=O)c2c(OCc3ccccc3)c(=O)c(C(=O)CCc3cccc(Cl)c3F)cn2C[C@@]12C[C@@H]2COC. The summed E-state index contributed by atoms with van der Waals surface area (Å²) in [4.78, 5) is 84.9. The van der Waals surface area contributed by atoms with Crippen LogP contribution in [-0.4, -0.2) is 91.9 Å². The topological polar surface area (TPSA) is 167 Å². The summed E-state index contributed by atoms with van der Waals surface area (Å²) in [5, 5.41) is 9.77. The molecule has 402 valence electrons. The number of aliphatic hydroxyl groups excluding tert-OH is 1. The molecule has 2 fully saturated rings. The monoisotopic (exact) mass is 1090 g/mol. The molecule has 1 N–H and O–H groups in total. The van der Waals surface area contributed by atoms with Crippen molar-refractivity contribution in [3.05, 3.63) is 196 Å². The van der Waals surface area contributed by atoms with Crippen molar-refractivity contribution < 1.29 is 47.3 Å². The molecule has 2 aliphatic carbocycles. The van der Waals surface area contributed by atoms with Crippen LogP contribution >= 0.6 is 23.2 Å². The van der Waals surface area contributed by atoms with Gasteiger partial charge in [-0.05, 0) is 73.9 Å². The molecule has 0 unspecified atom stereocenters. The molecule has 77 heavy (non-hydrogen) atoms. The third kappa shape index (κ3) is 10.7. The molecule has 4 aliphatic rings. The lowest BCUT2D eigenvalue weighted by Gasteiger charge is -2.39. The van der Waals surface area contributed by atoms with Gasteiger partial charge < -0.3 is 38.3 Å². The van der Waals surface area contributed by atoms with Crippen LogP contribution in [0.1, 0.15) is 103 Å². The van der Waals surface area contributed by atoms with Gasteiger partial charge in [-0.1, -0.05) is 108 Å². The Labute approximate surface area is 453 Å². The van der Waals surface area contributed by atoms with Crippen molar-refractivity contribution in [3.8, 4) is 11.5 Å². The van der Waals surface area contributed by atoms with Crippen LogP contribution in [0, 0.1) is 23.5 Å². The summed E-state index contributed by atoms with van der Waals surface area (Å²) in [6.07, 6.45) is 4.21. The smallest absolute Gasteiger partial charge is 0.275 e. The first-order chi connectivity index (χ1) is 37.1. The maximum absolute atomic E-state index is 14.4. The van der Waals surface area contributed by atoms with Crippen LogP contribution in [0.25, 0.3) is 0 Å². The van der Waals surface area contributed by atoms with Crippen molar-refractivity contribution in [2.75, 3.05) is 33.4 Å². The summed E-state index contributed by atoms with van der Waals surface area (Å²) in [7, 11) is 1.63. The van der Waals surface area contributed by atoms with Gasteiger partial charge in [-0.25, -0.2) is 8.78 Å². The lowest BCUT2D eigenvalue weighted by Crippen LogP contribution is -2.52. The van der Waals surface area contributed by atoms with Crippen molar-refractivity contribution >= 4 is 46.6 Å². The Morgan fingerprint density at radius 3 is 1.43 bits per heavy atom. The van der Waals surface area contributed by atoms with Gasteiger partial charge in [0.1, 0.15) is 24.8 Å². The van der Waals surface area contributed by atoms with Gasteiger partial charge in [0, 0.05) is 77.0 Å². The number of halogens is 4. The zero-order valence-electron chi connectivity index (χ0n) is 42.9. The third-order valence-electron chi connectivity index (χ3n) is 15.3. The van der Waals surface area contributed by atoms with Crippen LogP contribution in [-0.2, 0) is 43.9 Å². The van der Waals surface area contributed by atoms with Gasteiger partial charge in [0.15, 0.2) is 34.5 Å². The number of carbonyl (C=O) groups excluding carboxylic acids is 4. The molecule has 2 spiro atoms. The Morgan fingerprint density at radius 1 is 0.623 bits per heavy atom. The van der Waals surface area contributed by atoms with E-state index in [9.17, 15) is 42.7 Å². The van der Waals surface area contributed by atoms with E-state index in [1.807, 2.05) is 74.5 Å². The van der Waals surface area contributed by atoms with E-state index in [0.717, 1.165) is 17.5 Å². The molecule has 14 nitrogen and oxygen atoms in total. The molecule has 2 aromatic heterocycles. The van der Waals surface area contributed by atoms with Crippen molar-refractivity contribution in [2.45, 2.75) is 89.8 Å². The highest BCUT2D eigenvalue weighted by molar-refractivity contribution is 6.31. The van der Waals surface area contributed by atoms with Crippen LogP contribution in [0.15, 0.2) is 119 Å². The number of rotatable bonds is 19. The number of aromatic nitrogens is 2. The lowest BCUT2D eigenvalue weighted by atomic mass is 10.00. The highest BCUT2D eigenvalue weighted by Crippen LogP contribution is 2.54. The van der Waals surface area contributed by atoms with Gasteiger partial charge in [0.2, 0.25) is 10.9 Å². The third-order valence-corrected chi connectivity index (χ3v) is 15.9. The number of ketones is 2. The second-order valence-electron chi connectivity index (χ2n) is 19.9. The van der Waals surface area contributed by atoms with Gasteiger partial charge in [0.25, 0.3) is 11.8 Å². The second kappa shape index (κ2) is 22.9. The van der Waals surface area contributed by atoms with Gasteiger partial charge in [0.05, 0.1) is 38.9 Å². The van der Waals surface area contributed by atoms with Crippen LogP contribution < -0.4 is 20.3 Å². The van der Waals surface area contributed by atoms with Crippen LogP contribution in [0.5, 0.6) is 11.5 Å². The first-order valence-corrected chi connectivity index (χ1v) is 26.4. The van der Waals surface area contributed by atoms with Crippen LogP contribution in [0.2, 0.25) is 10.0 Å². The number of fused-ring (bicyclic) bond motifs is 2. The number of aliphatic hydroxyl groups is 1. The number of methoxy groups -OCH3 is 1. The standard InChI is InChI=1S/C30H30ClFN2O5.C29H28ClFN2O5/c1-3-34-29(37)26-28(39-16-19-8-5-4-6-9-19)27(36)22(15-33(26)18-30(34)14-21(30)17-38-2)24(35)13-12-20-10-7-11-23(31)25(20)32;1-2-33-28(37)25-27(38-16-18-7-4-3-5-8-18)26(36)21(14-32(25)17-29(33)13-20(29)15-34)23(35)12-11-19-9-6-10-22(30)24(19)31/h4-11,15,21H,3,12-14,16-18H2,1-2H3;3-10,14,20,34H,2,11-13,15-17H2,1H3/t21-,30-;20-,29-/m11/s1. The van der Waals surface area contributed by atoms with E-state index in [4.69, 9.17) is 37.4 Å². The highest BCUT2D eigenvalue weighted by Gasteiger charge is 2.63. The highest BCUT2D eigenvalue weighted by atomic mass is 35.5. The molecule has 0 radical (unpaired) electrons. The minimum absolute atomic E-state index is 0.0234. The number of aryl methyl sites for hydroxylation is 2. The Hall–Kier alpha value is -6.98. The fourth-order valence-electron chi connectivity index (χ4n) is 11.1. The summed E-state index contributed by atoms with van der Waals surface area (Å²) in [6, 6.07) is 27.7. The summed E-state index contributed by atoms with van der Waals surface area (Å²) < 4.78 is 49.4. The maximum Gasteiger partial charge on any atom is 0.275 e. The normalized spacial score (nSPS) is 19.8. The fourth-order valence-corrected chi connectivity index (χ4v) is 11.5. The number of nitrogens with zero attached hydrogens (tertiary/aromatic N) is 4. The second-order valence-corrected chi connectivity index (χ2v) is 20.7. The van der Waals surface area contributed by atoms with E-state index >= 15 is 0 Å². The number of amides is 2. The molecular weight excluding hydrogens is 1030 g/mol. The molecule has 2 aliphatic heterocycles. The number of pyridine rings is 2. The zero-order valence-corrected chi connectivity index (χ0v) is 44.4. The molecule has 4 atom stereocenters. The van der Waals surface area contributed by atoms with E-state index in [2.05, 4.69) is 0 Å². The van der Waals surface area contributed by atoms with Gasteiger partial charge in [-0.3, -0.25) is 28.8 Å². The first-order valence-electron chi connectivity index (χ1n) is 25.6.